The van der Waals surface area contributed by atoms with Crippen LogP contribution < -0.4 is 5.73 Å². The summed E-state index contributed by atoms with van der Waals surface area (Å²) >= 11 is 0. The first-order valence-electron chi connectivity index (χ1n) is 28.3. The van der Waals surface area contributed by atoms with Gasteiger partial charge in [-0.3, -0.25) is 28.0 Å². The van der Waals surface area contributed by atoms with E-state index in [4.69, 9.17) is 36.7 Å². The normalized spacial score (nSPS) is 22.2. The first-order valence-corrected chi connectivity index (χ1v) is 31.5. The molecule has 6 N–H and O–H groups in total. The topological polar surface area (TPSA) is 353 Å². The zero-order valence-corrected chi connectivity index (χ0v) is 52.2. The molecule has 4 heterocycles. The van der Waals surface area contributed by atoms with Crippen molar-refractivity contribution in [2.75, 3.05) is 78.4 Å². The molecule has 4 aromatic rings. The van der Waals surface area contributed by atoms with Crippen molar-refractivity contribution in [2.45, 2.75) is 118 Å². The first-order chi connectivity index (χ1) is 43.5. The van der Waals surface area contributed by atoms with Gasteiger partial charge in [0, 0.05) is 106 Å². The molecular formula is C56H75F11N14O10S2. The van der Waals surface area contributed by atoms with E-state index >= 15 is 0 Å². The maximum absolute atomic E-state index is 12.6. The van der Waals surface area contributed by atoms with Crippen molar-refractivity contribution in [1.82, 2.24) is 19.6 Å². The summed E-state index contributed by atoms with van der Waals surface area (Å²) in [5.74, 6) is -18.5. The van der Waals surface area contributed by atoms with Gasteiger partial charge >= 0.3 is 39.3 Å². The van der Waals surface area contributed by atoms with Gasteiger partial charge in [0.2, 0.25) is 0 Å². The fourth-order valence-corrected chi connectivity index (χ4v) is 10.4. The summed E-state index contributed by atoms with van der Waals surface area (Å²) in [6.07, 6.45) is -1.66. The van der Waals surface area contributed by atoms with E-state index in [9.17, 15) is 75.3 Å². The molecule has 0 aromatic heterocycles. The minimum Gasteiger partial charge on any atom is -0.390 e. The molecule has 93 heavy (non-hydrogen) atoms. The van der Waals surface area contributed by atoms with Gasteiger partial charge in [0.1, 0.15) is 19.8 Å². The number of likely N-dealkylation sites (tertiary alicyclic amines) is 4. The van der Waals surface area contributed by atoms with Crippen molar-refractivity contribution >= 4 is 20.2 Å². The lowest BCUT2D eigenvalue weighted by Gasteiger charge is -2.24. The number of aliphatic hydroxyl groups excluding tert-OH is 4. The number of rotatable bonds is 21. The summed E-state index contributed by atoms with van der Waals surface area (Å²) in [4.78, 5) is 17.1. The Hall–Kier alpha value is -6.50. The molecule has 4 saturated heterocycles. The highest BCUT2D eigenvalue weighted by Crippen LogP contribution is 2.38. The average Bonchev–Trinajstić information content (AvgIpc) is 1.81. The maximum atomic E-state index is 12.6. The fourth-order valence-electron chi connectivity index (χ4n) is 9.22. The number of benzene rings is 4. The van der Waals surface area contributed by atoms with Crippen LogP contribution in [0.3, 0.4) is 0 Å². The van der Waals surface area contributed by atoms with E-state index in [0.29, 0.717) is 39.6 Å². The Balaban J connectivity index is 0.000000294. The van der Waals surface area contributed by atoms with Crippen molar-refractivity contribution in [1.29, 1.82) is 0 Å². The van der Waals surface area contributed by atoms with Crippen LogP contribution in [0.4, 0.5) is 48.3 Å². The molecule has 0 bridgehead atoms. The SMILES string of the molecule is CCC(F)(F)C(F)(F)COS(=O)(=O)C(F)(F)F.C[C@H]1CN(Cc2ccccc2)C[C@@H]1OS(C)(=O)=O.OCC(F)(F)C(F)(F)CO.O[C@H]1CN(Cc2ccccc2)C[C@@H]1O.[N-]=[N+]=N[C@@H]1CN(Cc2ccccc2)C[C@H]1N.[N-]=[N+]=N[C@@H]1CN(Cc2ccccc2)C[C@H]1N=[N+]=[N-]. The van der Waals surface area contributed by atoms with Crippen LogP contribution in [-0.2, 0) is 54.8 Å². The largest absolute Gasteiger partial charge is 0.523 e. The molecule has 24 nitrogen and oxygen atoms in total. The van der Waals surface area contributed by atoms with Crippen LogP contribution >= 0.6 is 0 Å². The van der Waals surface area contributed by atoms with Crippen molar-refractivity contribution < 1.29 is 93.9 Å². The highest BCUT2D eigenvalue weighted by molar-refractivity contribution is 7.87. The third-order valence-corrected chi connectivity index (χ3v) is 15.8. The summed E-state index contributed by atoms with van der Waals surface area (Å²) in [5.41, 5.74) is 30.3. The molecule has 0 amide bonds. The Morgan fingerprint density at radius 1 is 0.516 bits per heavy atom. The van der Waals surface area contributed by atoms with Crippen LogP contribution in [0, 0.1) is 5.92 Å². The van der Waals surface area contributed by atoms with Gasteiger partial charge in [-0.05, 0) is 44.8 Å². The van der Waals surface area contributed by atoms with E-state index in [1.165, 1.54) is 22.3 Å². The molecule has 518 valence electrons. The van der Waals surface area contributed by atoms with Crippen molar-refractivity contribution in [3.8, 4) is 0 Å². The highest BCUT2D eigenvalue weighted by Gasteiger charge is 2.58. The first kappa shape index (κ1) is 80.7. The smallest absolute Gasteiger partial charge is 0.390 e. The molecule has 4 aromatic carbocycles. The molecule has 8 atom stereocenters. The molecule has 37 heteroatoms. The van der Waals surface area contributed by atoms with Gasteiger partial charge < -0.3 is 26.2 Å². The number of alkyl halides is 11. The van der Waals surface area contributed by atoms with Gasteiger partial charge in [0.05, 0.1) is 42.7 Å². The number of hydrogen-bond donors (Lipinski definition) is 5. The number of aliphatic hydroxyl groups is 4. The van der Waals surface area contributed by atoms with E-state index in [0.717, 1.165) is 52.1 Å². The van der Waals surface area contributed by atoms with Gasteiger partial charge in [-0.1, -0.05) is 151 Å². The molecule has 0 aliphatic carbocycles. The molecular weight excluding hydrogens is 1300 g/mol. The Morgan fingerprint density at radius 3 is 1.16 bits per heavy atom. The van der Waals surface area contributed by atoms with Crippen LogP contribution in [0.2, 0.25) is 0 Å². The van der Waals surface area contributed by atoms with Gasteiger partial charge in [-0.2, -0.15) is 65.1 Å². The quantitative estimate of drug-likeness (QED) is 0.0130. The molecule has 0 radical (unpaired) electrons. The van der Waals surface area contributed by atoms with Gasteiger partial charge in [-0.15, -0.1) is 0 Å². The number of nitrogens with two attached hydrogens (primary N) is 1. The van der Waals surface area contributed by atoms with Crippen LogP contribution in [0.1, 0.15) is 42.5 Å². The van der Waals surface area contributed by atoms with Gasteiger partial charge in [-0.25, -0.2) is 0 Å². The second kappa shape index (κ2) is 37.6. The second-order valence-electron chi connectivity index (χ2n) is 21.8. The molecule has 0 spiro atoms. The molecule has 4 aliphatic rings. The number of β-amino-alcohol motifs (C(OH)–C–C–N with tert-alkyl or cyclic N) is 2. The van der Waals surface area contributed by atoms with Crippen LogP contribution in [0.25, 0.3) is 31.3 Å². The van der Waals surface area contributed by atoms with E-state index < -0.39 is 87.9 Å². The Morgan fingerprint density at radius 2 is 0.839 bits per heavy atom. The predicted octanol–water partition coefficient (Wildman–Crippen LogP) is 8.85. The number of nitrogens with zero attached hydrogens (tertiary/aromatic N) is 13. The third-order valence-electron chi connectivity index (χ3n) is 14.2. The van der Waals surface area contributed by atoms with Crippen LogP contribution in [0.15, 0.2) is 137 Å². The zero-order valence-electron chi connectivity index (χ0n) is 50.6. The van der Waals surface area contributed by atoms with Crippen molar-refractivity contribution in [3.63, 3.8) is 0 Å². The van der Waals surface area contributed by atoms with E-state index in [1.807, 2.05) is 91.9 Å². The summed E-state index contributed by atoms with van der Waals surface area (Å²) < 4.78 is 183. The van der Waals surface area contributed by atoms with Crippen molar-refractivity contribution in [3.05, 3.63) is 175 Å². The lowest BCUT2D eigenvalue weighted by Crippen LogP contribution is -2.46. The predicted molar refractivity (Wildman–Crippen MR) is 320 cm³/mol. The molecule has 0 unspecified atom stereocenters. The lowest BCUT2D eigenvalue weighted by atomic mass is 10.1. The summed E-state index contributed by atoms with van der Waals surface area (Å²) in [7, 11) is -9.68. The van der Waals surface area contributed by atoms with Crippen LogP contribution in [0.5, 0.6) is 0 Å². The Kier molecular flexibility index (Phi) is 32.6. The van der Waals surface area contributed by atoms with E-state index in [2.05, 4.69) is 90.3 Å². The van der Waals surface area contributed by atoms with Crippen LogP contribution in [-0.4, -0.2) is 207 Å². The fraction of sp³-hybridized carbons (Fsp3) is 0.571. The molecule has 8 rings (SSSR count). The minimum atomic E-state index is -6.31. The van der Waals surface area contributed by atoms with Gasteiger partial charge in [0.15, 0.2) is 0 Å². The second-order valence-corrected chi connectivity index (χ2v) is 25.0. The van der Waals surface area contributed by atoms with Crippen molar-refractivity contribution in [2.24, 2.45) is 27.0 Å². The summed E-state index contributed by atoms with van der Waals surface area (Å²) in [5, 5.41) is 45.2. The average molecular weight is 1380 g/mol. The number of halogens is 11. The Bertz CT molecular complexity index is 3180. The molecule has 0 saturated carbocycles. The number of azide groups is 3. The minimum absolute atomic E-state index is 0.0420. The van der Waals surface area contributed by atoms with E-state index in [-0.39, 0.29) is 36.2 Å². The lowest BCUT2D eigenvalue weighted by molar-refractivity contribution is -0.239. The third kappa shape index (κ3) is 27.8. The van der Waals surface area contributed by atoms with Gasteiger partial charge in [0.25, 0.3) is 10.1 Å². The zero-order chi connectivity index (χ0) is 69.9. The number of hydrogen-bond acceptors (Lipinski definition) is 18. The monoisotopic (exact) mass is 1380 g/mol. The summed E-state index contributed by atoms with van der Waals surface area (Å²) in [6, 6.07) is 39.9. The highest BCUT2D eigenvalue weighted by atomic mass is 32.2. The molecule has 4 aliphatic heterocycles. The summed E-state index contributed by atoms with van der Waals surface area (Å²) in [6.45, 7) is 4.92. The Labute approximate surface area is 530 Å². The molecule has 4 fully saturated rings. The maximum Gasteiger partial charge on any atom is 0.523 e. The van der Waals surface area contributed by atoms with E-state index in [1.54, 1.807) is 0 Å². The standard InChI is InChI=1S/C13H19NO3S.C11H13N7.C11H15N5.C11H15NO2.C6H7F7O3S.C4H6F4O2/c1-11-8-14(9-12-6-4-3-5-7-12)10-13(11)17-18(2,15)16;12-16-14-10-7-18(8-11(10)15-17-13)6-9-4-2-1-3-5-9;12-10-7-16(8-11(10)14-15-13)6-9-4-2-1-3-5-9;13-10-7-12(8-11(10)14)6-9-4-2-1-3-5-9;1-2-4(7,8)5(9,10)3-16-17(14,15)6(11,12)13;5-3(6,1-9)4(7,8)2-10/h3-7,11,13H,8-10H2,1-2H3;1-5,10-11H,6-8H2;1-5,10-11H,6-8,12H2;1-5,10-11,13-14H,6-8H2;2-3H2,1H3;9-10H,1-2H2/t11-,13-;3*10-,11-;;/m0110../s1.